The first-order chi connectivity index (χ1) is 16.7. The normalized spacial score (nSPS) is 13.3. The molecule has 13 heteroatoms. The van der Waals surface area contributed by atoms with Crippen LogP contribution >= 0.6 is 46.2 Å². The number of ketones is 2. The van der Waals surface area contributed by atoms with Gasteiger partial charge in [-0.3, -0.25) is 9.59 Å². The standard InChI is InChI=1S/C12H14O3S2.C10H10O3S2.C2H6O.Na.H2O/c1-3-15-11(14)10-7-5-4-6-8(13)9(7)12(16-2)17-10;1-14-10-7-5(3-2-4-6(7)11)8(15-10)9(12)13;1-2-3;;/h3-6H2,1-2H3;2-4H2,1H3,(H,12,13);3H,2H2,1H3;;1H2/q;;;+1;/p-1. The third kappa shape index (κ3) is 8.91. The van der Waals surface area contributed by atoms with Crippen molar-refractivity contribution >= 4 is 69.7 Å². The molecule has 0 spiro atoms. The number of aromatic carboxylic acids is 1. The molecule has 0 unspecified atom stereocenters. The van der Waals surface area contributed by atoms with E-state index >= 15 is 0 Å². The Kier molecular flexibility index (Phi) is 17.5. The number of fused-ring (bicyclic) bond motifs is 2. The maximum atomic E-state index is 11.9. The number of carbonyl (C=O) groups is 4. The number of carboxylic acid groups (broad SMARTS) is 1. The predicted octanol–water partition coefficient (Wildman–Crippen LogP) is 2.68. The van der Waals surface area contributed by atoms with Gasteiger partial charge < -0.3 is 20.4 Å². The molecular formula is C24H31NaO8S4. The smallest absolute Gasteiger partial charge is 0.870 e. The number of aliphatic hydroxyl groups is 1. The Balaban J connectivity index is 0.000000607. The van der Waals surface area contributed by atoms with Gasteiger partial charge in [-0.1, -0.05) is 0 Å². The summed E-state index contributed by atoms with van der Waals surface area (Å²) in [6, 6.07) is 0. The molecule has 2 aromatic heterocycles. The molecule has 0 bridgehead atoms. The van der Waals surface area contributed by atoms with Gasteiger partial charge in [-0.05, 0) is 63.2 Å². The van der Waals surface area contributed by atoms with Gasteiger partial charge in [0.2, 0.25) is 0 Å². The zero-order valence-corrected chi connectivity index (χ0v) is 26.9. The van der Waals surface area contributed by atoms with Gasteiger partial charge in [0.15, 0.2) is 11.6 Å². The number of carboxylic acids is 1. The van der Waals surface area contributed by atoms with Gasteiger partial charge in [-0.2, -0.15) is 0 Å². The second kappa shape index (κ2) is 17.8. The molecule has 2 aliphatic rings. The topological polar surface area (TPSA) is 148 Å². The summed E-state index contributed by atoms with van der Waals surface area (Å²) in [6.45, 7) is 4.09. The molecule has 0 fully saturated rings. The molecular weight excluding hydrogens is 568 g/mol. The van der Waals surface area contributed by atoms with Crippen LogP contribution in [0, 0.1) is 0 Å². The van der Waals surface area contributed by atoms with E-state index < -0.39 is 5.97 Å². The quantitative estimate of drug-likeness (QED) is 0.299. The van der Waals surface area contributed by atoms with Gasteiger partial charge >= 0.3 is 41.5 Å². The Labute approximate surface area is 255 Å². The van der Waals surface area contributed by atoms with Crippen LogP contribution in [0.2, 0.25) is 0 Å². The average molecular weight is 599 g/mol. The Morgan fingerprint density at radius 2 is 1.27 bits per heavy atom. The molecule has 200 valence electrons. The molecule has 0 saturated carbocycles. The zero-order chi connectivity index (χ0) is 26.1. The molecule has 2 heterocycles. The summed E-state index contributed by atoms with van der Waals surface area (Å²) < 4.78 is 6.84. The largest absolute Gasteiger partial charge is 1.00 e. The molecule has 4 rings (SSSR count). The van der Waals surface area contributed by atoms with E-state index in [1.807, 2.05) is 12.5 Å². The number of esters is 1. The van der Waals surface area contributed by atoms with E-state index in [4.69, 9.17) is 14.9 Å². The van der Waals surface area contributed by atoms with Crippen LogP contribution in [-0.4, -0.2) is 64.9 Å². The van der Waals surface area contributed by atoms with E-state index in [1.54, 1.807) is 13.8 Å². The monoisotopic (exact) mass is 598 g/mol. The summed E-state index contributed by atoms with van der Waals surface area (Å²) >= 11 is 5.62. The number of thioether (sulfide) groups is 2. The third-order valence-corrected chi connectivity index (χ3v) is 9.87. The zero-order valence-electron chi connectivity index (χ0n) is 21.7. The molecule has 2 aromatic rings. The van der Waals surface area contributed by atoms with Crippen molar-refractivity contribution < 1.29 is 69.2 Å². The van der Waals surface area contributed by atoms with E-state index in [0.29, 0.717) is 34.8 Å². The third-order valence-electron chi connectivity index (χ3n) is 5.19. The van der Waals surface area contributed by atoms with Crippen LogP contribution in [0.4, 0.5) is 0 Å². The van der Waals surface area contributed by atoms with E-state index in [2.05, 4.69) is 0 Å². The number of thiophene rings is 2. The molecule has 37 heavy (non-hydrogen) atoms. The van der Waals surface area contributed by atoms with E-state index in [-0.39, 0.29) is 59.2 Å². The van der Waals surface area contributed by atoms with E-state index in [0.717, 1.165) is 50.8 Å². The number of hydrogen-bond donors (Lipinski definition) is 2. The number of aliphatic hydroxyl groups excluding tert-OH is 1. The predicted molar refractivity (Wildman–Crippen MR) is 144 cm³/mol. The summed E-state index contributed by atoms with van der Waals surface area (Å²) in [5.74, 6) is -0.929. The minimum absolute atomic E-state index is 0. The SMILES string of the molecule is CCO.CCOC(=O)c1sc(SC)c2c1CCCC2=O.CSc1sc(C(=O)O)c2c1C(=O)CCC2.[Na+].[OH-]. The fraction of sp³-hybridized carbons (Fsp3) is 0.500. The summed E-state index contributed by atoms with van der Waals surface area (Å²) in [7, 11) is 0. The number of carbonyl (C=O) groups excluding carboxylic acids is 3. The molecule has 0 radical (unpaired) electrons. The fourth-order valence-electron chi connectivity index (χ4n) is 3.85. The second-order valence-electron chi connectivity index (χ2n) is 7.45. The first-order valence-electron chi connectivity index (χ1n) is 11.2. The summed E-state index contributed by atoms with van der Waals surface area (Å²) in [4.78, 5) is 47.4. The minimum Gasteiger partial charge on any atom is -0.870 e. The van der Waals surface area contributed by atoms with E-state index in [9.17, 15) is 19.2 Å². The van der Waals surface area contributed by atoms with Crippen molar-refractivity contribution in [1.29, 1.82) is 0 Å². The van der Waals surface area contributed by atoms with Crippen molar-refractivity contribution in [2.45, 2.75) is 60.8 Å². The average Bonchev–Trinajstić information content (AvgIpc) is 3.40. The number of Topliss-reactive ketones (excluding diaryl/α,β-unsaturated/α-hetero) is 2. The van der Waals surface area contributed by atoms with Crippen LogP contribution in [0.15, 0.2) is 8.42 Å². The molecule has 0 atom stereocenters. The van der Waals surface area contributed by atoms with E-state index in [1.165, 1.54) is 46.2 Å². The Morgan fingerprint density at radius 1 is 0.865 bits per heavy atom. The summed E-state index contributed by atoms with van der Waals surface area (Å²) in [6.07, 6.45) is 8.10. The molecule has 0 aliphatic heterocycles. The van der Waals surface area contributed by atoms with Crippen molar-refractivity contribution in [2.24, 2.45) is 0 Å². The number of rotatable bonds is 5. The van der Waals surface area contributed by atoms with Gasteiger partial charge in [0.25, 0.3) is 0 Å². The summed E-state index contributed by atoms with van der Waals surface area (Å²) in [5, 5.41) is 16.6. The molecule has 8 nitrogen and oxygen atoms in total. The van der Waals surface area contributed by atoms with Crippen LogP contribution in [0.5, 0.6) is 0 Å². The van der Waals surface area contributed by atoms with Crippen molar-refractivity contribution in [1.82, 2.24) is 0 Å². The van der Waals surface area contributed by atoms with Gasteiger partial charge in [0, 0.05) is 30.6 Å². The molecule has 3 N–H and O–H groups in total. The maximum absolute atomic E-state index is 11.9. The van der Waals surface area contributed by atoms with Crippen LogP contribution in [0.1, 0.15) is 90.7 Å². The van der Waals surface area contributed by atoms with Gasteiger partial charge in [0.05, 0.1) is 15.0 Å². The number of hydrogen-bond acceptors (Lipinski definition) is 11. The van der Waals surface area contributed by atoms with Gasteiger partial charge in [0.1, 0.15) is 9.75 Å². The van der Waals surface area contributed by atoms with Crippen molar-refractivity contribution in [3.8, 4) is 0 Å². The van der Waals surface area contributed by atoms with Gasteiger partial charge in [-0.25, -0.2) is 9.59 Å². The van der Waals surface area contributed by atoms with Crippen LogP contribution in [-0.2, 0) is 17.6 Å². The first-order valence-corrected chi connectivity index (χ1v) is 15.3. The van der Waals surface area contributed by atoms with Gasteiger partial charge in [-0.15, -0.1) is 46.2 Å². The van der Waals surface area contributed by atoms with Crippen LogP contribution in [0.3, 0.4) is 0 Å². The van der Waals surface area contributed by atoms with Crippen molar-refractivity contribution in [2.75, 3.05) is 25.7 Å². The fourth-order valence-corrected chi connectivity index (χ4v) is 7.83. The van der Waals surface area contributed by atoms with Crippen molar-refractivity contribution in [3.63, 3.8) is 0 Å². The number of ether oxygens (including phenoxy) is 1. The van der Waals surface area contributed by atoms with Crippen molar-refractivity contribution in [3.05, 3.63) is 32.0 Å². The minimum atomic E-state index is -0.911. The molecule has 0 saturated heterocycles. The second-order valence-corrected chi connectivity index (χ2v) is 11.6. The maximum Gasteiger partial charge on any atom is 1.00 e. The Hall–Kier alpha value is -0.700. The first kappa shape index (κ1) is 36.3. The van der Waals surface area contributed by atoms with Crippen LogP contribution < -0.4 is 29.6 Å². The van der Waals surface area contributed by atoms with Crippen LogP contribution in [0.25, 0.3) is 0 Å². The Bertz CT molecular complexity index is 1090. The molecule has 2 aliphatic carbocycles. The Morgan fingerprint density at radius 3 is 1.65 bits per heavy atom. The molecule has 0 aromatic carbocycles. The summed E-state index contributed by atoms with van der Waals surface area (Å²) in [5.41, 5.74) is 3.12. The molecule has 0 amide bonds.